The van der Waals surface area contributed by atoms with Crippen molar-refractivity contribution in [1.82, 2.24) is 0 Å². The summed E-state index contributed by atoms with van der Waals surface area (Å²) in [6.07, 6.45) is 3.22. The van der Waals surface area contributed by atoms with E-state index < -0.39 is 42.3 Å². The first-order valence-electron chi connectivity index (χ1n) is 28.4. The van der Waals surface area contributed by atoms with Crippen LogP contribution in [0.2, 0.25) is 0 Å². The van der Waals surface area contributed by atoms with E-state index in [-0.39, 0.29) is 6.42 Å². The van der Waals surface area contributed by atoms with E-state index in [0.717, 1.165) is 0 Å². The highest BCUT2D eigenvalue weighted by Crippen LogP contribution is 2.26. The van der Waals surface area contributed by atoms with E-state index in [2.05, 4.69) is 515 Å². The van der Waals surface area contributed by atoms with Gasteiger partial charge in [0.1, 0.15) is 18.3 Å². The fourth-order valence-corrected chi connectivity index (χ4v) is 4.18. The van der Waals surface area contributed by atoms with Crippen LogP contribution in [0.4, 0.5) is 0 Å². The first-order chi connectivity index (χ1) is 54.3. The van der Waals surface area contributed by atoms with Crippen molar-refractivity contribution in [2.75, 3.05) is 0 Å². The third-order valence-electron chi connectivity index (χ3n) is 7.89. The molecule has 0 aliphatic carbocycles. The molecule has 110 heavy (non-hydrogen) atoms. The van der Waals surface area contributed by atoms with Crippen LogP contribution in [0.5, 0.6) is 0 Å². The molecule has 0 unspecified atom stereocenters. The van der Waals surface area contributed by atoms with Crippen LogP contribution in [0.1, 0.15) is 47.0 Å². The van der Waals surface area contributed by atoms with E-state index in [4.69, 9.17) is 18.9 Å². The van der Waals surface area contributed by atoms with Gasteiger partial charge in [-0.05, 0) is 163 Å². The second-order valence-electron chi connectivity index (χ2n) is 15.1. The number of hydrogen-bond acceptors (Lipinski definition) is 8. The zero-order chi connectivity index (χ0) is 79.4. The van der Waals surface area contributed by atoms with Crippen LogP contribution in [0.3, 0.4) is 0 Å². The van der Waals surface area contributed by atoms with Gasteiger partial charge >= 0.3 is 23.9 Å². The minimum Gasteiger partial charge on any atom is -0.446 e. The van der Waals surface area contributed by atoms with Crippen LogP contribution >= 0.6 is 0 Å². The van der Waals surface area contributed by atoms with Crippen LogP contribution in [0.25, 0.3) is 0 Å². The zero-order valence-electron chi connectivity index (χ0n) is 56.9. The topological polar surface area (TPSA) is 105 Å². The normalized spacial score (nSPS) is 5.16. The van der Waals surface area contributed by atoms with Gasteiger partial charge in [-0.25, -0.2) is 4.79 Å². The molecule has 0 saturated heterocycles. The molecule has 0 radical (unpaired) electrons. The molecule has 0 aromatic heterocycles. The van der Waals surface area contributed by atoms with E-state index >= 15 is 0 Å². The maximum Gasteiger partial charge on any atom is 0.365 e. The summed E-state index contributed by atoms with van der Waals surface area (Å²) in [6, 6.07) is 0. The Morgan fingerprint density at radius 3 is 0.445 bits per heavy atom. The molecule has 0 aromatic rings. The van der Waals surface area contributed by atoms with E-state index in [1.165, 1.54) is 6.92 Å². The summed E-state index contributed by atoms with van der Waals surface area (Å²) in [6.45, 7) is 6.35. The monoisotopic (exact) mass is 1370 g/mol. The molecule has 0 aliphatic rings. The van der Waals surface area contributed by atoms with Gasteiger partial charge in [0, 0.05) is 362 Å². The highest BCUT2D eigenvalue weighted by Gasteiger charge is 2.49. The Morgan fingerprint density at radius 2 is 0.309 bits per heavy atom. The lowest BCUT2D eigenvalue weighted by Crippen LogP contribution is -2.48. The molecule has 0 aliphatic heterocycles. The summed E-state index contributed by atoms with van der Waals surface area (Å²) in [5, 5.41) is 0. The lowest BCUT2D eigenvalue weighted by molar-refractivity contribution is -0.185. The largest absolute Gasteiger partial charge is 0.446 e. The van der Waals surface area contributed by atoms with Crippen LogP contribution in [0, 0.1) is 533 Å². The van der Waals surface area contributed by atoms with Gasteiger partial charge in [-0.15, -0.1) is 0 Å². The Labute approximate surface area is 644 Å². The highest BCUT2D eigenvalue weighted by atomic mass is 16.6. The van der Waals surface area contributed by atoms with Crippen molar-refractivity contribution >= 4 is 23.9 Å². The van der Waals surface area contributed by atoms with Crippen LogP contribution in [-0.4, -0.2) is 29.5 Å². The predicted molar refractivity (Wildman–Crippen MR) is 414 cm³/mol. The molecule has 8 nitrogen and oxygen atoms in total. The molecule has 0 N–H and O–H groups in total. The zero-order valence-corrected chi connectivity index (χ0v) is 56.9. The Hall–Kier alpha value is -21.9. The number of carbonyl (C=O) groups is 4. The molecule has 0 fully saturated rings. The Balaban J connectivity index is 6.29. The molecular weight excluding hydrogens is 1350 g/mol. The minimum atomic E-state index is -2.77. The van der Waals surface area contributed by atoms with Gasteiger partial charge in [-0.2, -0.15) is 0 Å². The summed E-state index contributed by atoms with van der Waals surface area (Å²) in [7, 11) is 0. The van der Waals surface area contributed by atoms with Gasteiger partial charge in [-0.3, -0.25) is 14.4 Å². The van der Waals surface area contributed by atoms with Crippen molar-refractivity contribution in [2.45, 2.75) is 52.6 Å². The van der Waals surface area contributed by atoms with Gasteiger partial charge in [-0.1, -0.05) is 24.7 Å². The fourth-order valence-electron chi connectivity index (χ4n) is 4.18. The third kappa shape index (κ3) is 66.1. The number of ether oxygens (including phenoxy) is 4. The molecule has 0 heterocycles. The van der Waals surface area contributed by atoms with E-state index in [1.54, 1.807) is 20.8 Å². The second-order valence-corrected chi connectivity index (χ2v) is 15.1. The van der Waals surface area contributed by atoms with Crippen molar-refractivity contribution in [3.05, 3.63) is 0 Å². The number of hydrogen-bond donors (Lipinski definition) is 0. The van der Waals surface area contributed by atoms with Crippen molar-refractivity contribution in [3.8, 4) is 533 Å². The van der Waals surface area contributed by atoms with Crippen molar-refractivity contribution < 1.29 is 38.1 Å². The average Bonchev–Trinajstić information content (AvgIpc) is 0.813. The first kappa shape index (κ1) is 88.1. The van der Waals surface area contributed by atoms with Crippen molar-refractivity contribution in [1.29, 1.82) is 0 Å². The quantitative estimate of drug-likeness (QED) is 0.213. The Bertz CT molecular complexity index is 6860. The maximum absolute atomic E-state index is 13.6. The van der Waals surface area contributed by atoms with E-state index in [1.807, 2.05) is 18.3 Å². The summed E-state index contributed by atoms with van der Waals surface area (Å²) in [5.41, 5.74) is -2.77. The Morgan fingerprint density at radius 1 is 0.182 bits per heavy atom. The summed E-state index contributed by atoms with van der Waals surface area (Å²) >= 11 is 0. The van der Waals surface area contributed by atoms with E-state index in [9.17, 15) is 19.2 Å². The Kier molecular flexibility index (Phi) is 59.6. The average molecular weight is 1370 g/mol. The predicted octanol–water partition coefficient (Wildman–Crippen LogP) is 1.17. The fraction of sp³-hybridized carbons (Fsp3) is 0.0784. The molecule has 0 bridgehead atoms. The second kappa shape index (κ2) is 74.5. The number of carbonyl (C=O) groups excluding carboxylic acids is 4. The molecular formula is C102H18O8. The summed E-state index contributed by atoms with van der Waals surface area (Å²) in [4.78, 5) is 52.6. The third-order valence-corrected chi connectivity index (χ3v) is 7.89. The van der Waals surface area contributed by atoms with Crippen molar-refractivity contribution in [3.63, 3.8) is 0 Å². The van der Waals surface area contributed by atoms with Crippen LogP contribution < -0.4 is 0 Å². The molecule has 0 amide bonds. The maximum atomic E-state index is 13.6. The molecule has 0 rings (SSSR count). The number of rotatable bonds is 7. The van der Waals surface area contributed by atoms with Crippen molar-refractivity contribution in [2.24, 2.45) is 0 Å². The molecule has 0 spiro atoms. The highest BCUT2D eigenvalue weighted by molar-refractivity contribution is 5.93. The van der Waals surface area contributed by atoms with Gasteiger partial charge < -0.3 is 18.9 Å². The molecule has 474 valence electrons. The van der Waals surface area contributed by atoms with Gasteiger partial charge in [0.2, 0.25) is 5.60 Å². The molecule has 8 heteroatoms. The number of esters is 4. The summed E-state index contributed by atoms with van der Waals surface area (Å²) in [5.74, 6) is 208. The van der Waals surface area contributed by atoms with Gasteiger partial charge in [0.05, 0.1) is 12.8 Å². The van der Waals surface area contributed by atoms with Crippen LogP contribution in [-0.2, 0) is 38.1 Å². The van der Waals surface area contributed by atoms with E-state index in [0.29, 0.717) is 0 Å². The molecule has 0 aromatic carbocycles. The molecule has 0 saturated carbocycles. The van der Waals surface area contributed by atoms with Gasteiger partial charge in [0.25, 0.3) is 0 Å². The minimum absolute atomic E-state index is 0.355. The lowest BCUT2D eigenvalue weighted by atomic mass is 9.95. The van der Waals surface area contributed by atoms with Crippen LogP contribution in [0.15, 0.2) is 0 Å². The standard InChI is InChI=1S/C102H18O8/c1-5-9-12-15-18-21-24-27-30-33-36-39-42-45-48-51-54-57-60-63-66-69-72-75-78-81-84-87-90-93-107-99(104)96-102(110-98(103)8-4,101(106)109-95-92-89-86-83-80-77-74-71-68-65-62-59-56-53-50-47-44-41-38-35-32-29-26-23-20-17-14-11-7-3)97-100(105)108-94-91-88-85-82-79-76-73-70-67-64-61-58-55-52-49-46-43-40-37-34-31-28-25-22-19-16-13-10-6-2/h8,96-97H2,1-4H3. The lowest BCUT2D eigenvalue weighted by Gasteiger charge is -2.27. The summed E-state index contributed by atoms with van der Waals surface area (Å²) < 4.78 is 20.0. The van der Waals surface area contributed by atoms with Gasteiger partial charge in [0.15, 0.2) is 0 Å². The smallest absolute Gasteiger partial charge is 0.365 e. The first-order valence-corrected chi connectivity index (χ1v) is 28.4. The molecule has 0 atom stereocenters. The SMILES string of the molecule is CC#CC#CC#CC#CC#CC#CC#CC#CC#CC#CC#CC#CC#CC#CC#COC(=O)CC(CC(=O)OC#CC#CC#CC#CC#CC#CC#CC#CC#CC#CC#CC#CC#CC#CC#CC)(OC(=O)CC)C(=O)OC#CC#CC#CC#CC#CC#CC#CC#CC#CC#CC#CC#CC#CC#CC#CC.